The normalized spacial score (nSPS) is 18.5. The topological polar surface area (TPSA) is 49.4 Å². The summed E-state index contributed by atoms with van der Waals surface area (Å²) in [6, 6.07) is 25.3. The van der Waals surface area contributed by atoms with Crippen LogP contribution >= 0.6 is 0 Å². The van der Waals surface area contributed by atoms with Crippen molar-refractivity contribution in [1.82, 2.24) is 0 Å². The summed E-state index contributed by atoms with van der Waals surface area (Å²) in [6.45, 7) is 5.93. The fourth-order valence-electron chi connectivity index (χ4n) is 4.02. The summed E-state index contributed by atoms with van der Waals surface area (Å²) in [5, 5.41) is 3.04. The molecule has 1 heterocycles. The molecule has 1 atom stereocenters. The molecule has 4 heteroatoms. The number of hydrogen-bond acceptors (Lipinski definition) is 2. The molecule has 1 fully saturated rings. The zero-order valence-corrected chi connectivity index (χ0v) is 18.1. The van der Waals surface area contributed by atoms with Crippen molar-refractivity contribution in [3.05, 3.63) is 101 Å². The van der Waals surface area contributed by atoms with Gasteiger partial charge in [-0.1, -0.05) is 71.8 Å². The molecular weight excluding hydrogens is 384 g/mol. The van der Waals surface area contributed by atoms with Gasteiger partial charge in [0.05, 0.1) is 6.42 Å². The third-order valence-corrected chi connectivity index (χ3v) is 5.85. The summed E-state index contributed by atoms with van der Waals surface area (Å²) in [5.74, 6) is -0.273. The smallest absolute Gasteiger partial charge is 0.255 e. The number of nitrogens with zero attached hydrogens (tertiary/aromatic N) is 1. The maximum atomic E-state index is 13.7. The second-order valence-corrected chi connectivity index (χ2v) is 8.16. The first-order chi connectivity index (χ1) is 14.9. The molecule has 3 aromatic rings. The molecule has 0 radical (unpaired) electrons. The Morgan fingerprint density at radius 3 is 2.06 bits per heavy atom. The lowest BCUT2D eigenvalue weighted by Crippen LogP contribution is -2.70. The molecule has 1 unspecified atom stereocenters. The summed E-state index contributed by atoms with van der Waals surface area (Å²) in [7, 11) is 0. The minimum absolute atomic E-state index is 0.0660. The van der Waals surface area contributed by atoms with Crippen LogP contribution in [0.1, 0.15) is 30.0 Å². The molecule has 0 bridgehead atoms. The first kappa shape index (κ1) is 20.6. The second-order valence-electron chi connectivity index (χ2n) is 8.16. The lowest BCUT2D eigenvalue weighted by molar-refractivity contribution is -0.135. The van der Waals surface area contributed by atoms with Crippen molar-refractivity contribution in [2.45, 2.75) is 32.7 Å². The monoisotopic (exact) mass is 410 g/mol. The third-order valence-electron chi connectivity index (χ3n) is 5.85. The van der Waals surface area contributed by atoms with E-state index in [0.29, 0.717) is 5.69 Å². The fourth-order valence-corrected chi connectivity index (χ4v) is 4.02. The molecule has 1 aliphatic rings. The van der Waals surface area contributed by atoms with Crippen LogP contribution in [0.15, 0.2) is 84.4 Å². The Kier molecular flexibility index (Phi) is 5.47. The van der Waals surface area contributed by atoms with Gasteiger partial charge in [0.15, 0.2) is 5.54 Å². The summed E-state index contributed by atoms with van der Waals surface area (Å²) in [5.41, 5.74) is 4.39. The first-order valence-electron chi connectivity index (χ1n) is 10.4. The van der Waals surface area contributed by atoms with E-state index in [2.05, 4.69) is 5.32 Å². The molecule has 2 amide bonds. The van der Waals surface area contributed by atoms with Crippen molar-refractivity contribution in [3.63, 3.8) is 0 Å². The average molecular weight is 411 g/mol. The first-order valence-corrected chi connectivity index (χ1v) is 10.4. The summed E-state index contributed by atoms with van der Waals surface area (Å²) >= 11 is 0. The van der Waals surface area contributed by atoms with E-state index in [9.17, 15) is 9.59 Å². The number of hydrogen-bond donors (Lipinski definition) is 1. The molecule has 3 aromatic carbocycles. The number of amides is 2. The van der Waals surface area contributed by atoms with Crippen molar-refractivity contribution in [2.24, 2.45) is 0 Å². The highest BCUT2D eigenvalue weighted by Crippen LogP contribution is 2.43. The Labute approximate surface area is 183 Å². The van der Waals surface area contributed by atoms with Gasteiger partial charge in [-0.3, -0.25) is 14.5 Å². The molecule has 1 saturated heterocycles. The van der Waals surface area contributed by atoms with Crippen molar-refractivity contribution >= 4 is 29.3 Å². The highest BCUT2D eigenvalue weighted by atomic mass is 16.2. The van der Waals surface area contributed by atoms with Crippen LogP contribution < -0.4 is 10.2 Å². The van der Waals surface area contributed by atoms with Crippen LogP contribution in [-0.2, 0) is 9.59 Å². The van der Waals surface area contributed by atoms with Gasteiger partial charge >= 0.3 is 0 Å². The average Bonchev–Trinajstić information content (AvgIpc) is 2.75. The van der Waals surface area contributed by atoms with Crippen molar-refractivity contribution < 1.29 is 9.59 Å². The van der Waals surface area contributed by atoms with Crippen LogP contribution in [-0.4, -0.2) is 17.4 Å². The third kappa shape index (κ3) is 3.89. The van der Waals surface area contributed by atoms with Crippen LogP contribution in [0, 0.1) is 13.8 Å². The highest BCUT2D eigenvalue weighted by Gasteiger charge is 2.58. The molecule has 156 valence electrons. The quantitative estimate of drug-likeness (QED) is 0.563. The van der Waals surface area contributed by atoms with Gasteiger partial charge in [-0.25, -0.2) is 0 Å². The zero-order chi connectivity index (χ0) is 22.0. The minimum atomic E-state index is -1.08. The fraction of sp³-hybridized carbons (Fsp3) is 0.185. The van der Waals surface area contributed by atoms with Crippen molar-refractivity contribution in [1.29, 1.82) is 0 Å². The van der Waals surface area contributed by atoms with E-state index in [0.717, 1.165) is 28.0 Å². The molecule has 0 aliphatic carbocycles. The summed E-state index contributed by atoms with van der Waals surface area (Å²) in [4.78, 5) is 28.1. The number of aryl methyl sites for hydroxylation is 2. The van der Waals surface area contributed by atoms with Crippen LogP contribution in [0.25, 0.3) is 6.08 Å². The van der Waals surface area contributed by atoms with Crippen LogP contribution in [0.3, 0.4) is 0 Å². The lowest BCUT2D eigenvalue weighted by Gasteiger charge is -2.51. The van der Waals surface area contributed by atoms with E-state index in [1.165, 1.54) is 0 Å². The molecule has 4 nitrogen and oxygen atoms in total. The molecule has 31 heavy (non-hydrogen) atoms. The number of β-lactam (4-membered cyclic amide) rings is 1. The molecule has 0 spiro atoms. The number of carbonyl (C=O) groups is 2. The number of benzene rings is 3. The van der Waals surface area contributed by atoms with Crippen molar-refractivity contribution in [3.8, 4) is 0 Å². The van der Waals surface area contributed by atoms with E-state index in [1.54, 1.807) is 4.90 Å². The summed E-state index contributed by atoms with van der Waals surface area (Å²) < 4.78 is 0. The van der Waals surface area contributed by atoms with Gasteiger partial charge in [0.25, 0.3) is 5.91 Å². The molecule has 4 rings (SSSR count). The molecule has 1 N–H and O–H groups in total. The maximum Gasteiger partial charge on any atom is 0.255 e. The number of carbonyl (C=O) groups excluding carboxylic acids is 2. The van der Waals surface area contributed by atoms with Crippen LogP contribution in [0.5, 0.6) is 0 Å². The lowest BCUT2D eigenvalue weighted by atomic mass is 9.75. The maximum absolute atomic E-state index is 13.7. The Hall–Kier alpha value is -3.66. The van der Waals surface area contributed by atoms with E-state index in [1.807, 2.05) is 106 Å². The van der Waals surface area contributed by atoms with Gasteiger partial charge in [-0.2, -0.15) is 0 Å². The largest absolute Gasteiger partial charge is 0.324 e. The zero-order valence-electron chi connectivity index (χ0n) is 18.1. The molecular formula is C27H26N2O2. The summed E-state index contributed by atoms with van der Waals surface area (Å²) in [6.07, 6.45) is 2.12. The Bertz CT molecular complexity index is 1130. The molecule has 1 aliphatic heterocycles. The SMILES string of the molecule is CC(=Cc1ccccc1)C1(C(=O)Nc2ccc(C)cc2)CC(=O)N1c1ccc(C)cc1. The standard InChI is InChI=1S/C27H26N2O2/c1-19-9-13-23(14-10-19)28-26(31)27(21(3)17-22-7-5-4-6-8-22)18-25(30)29(27)24-15-11-20(2)12-16-24/h4-17H,18H2,1-3H3,(H,28,31). The van der Waals surface area contributed by atoms with Gasteiger partial charge in [0.1, 0.15) is 0 Å². The van der Waals surface area contributed by atoms with E-state index in [4.69, 9.17) is 0 Å². The highest BCUT2D eigenvalue weighted by molar-refractivity contribution is 6.19. The Morgan fingerprint density at radius 1 is 0.903 bits per heavy atom. The van der Waals surface area contributed by atoms with E-state index in [-0.39, 0.29) is 18.2 Å². The second kappa shape index (κ2) is 8.23. The van der Waals surface area contributed by atoms with Gasteiger partial charge in [-0.15, -0.1) is 0 Å². The van der Waals surface area contributed by atoms with Crippen LogP contribution in [0.2, 0.25) is 0 Å². The van der Waals surface area contributed by atoms with Gasteiger partial charge < -0.3 is 5.32 Å². The Morgan fingerprint density at radius 2 is 1.48 bits per heavy atom. The van der Waals surface area contributed by atoms with Gasteiger partial charge in [-0.05, 0) is 56.2 Å². The predicted octanol–water partition coefficient (Wildman–Crippen LogP) is 5.52. The minimum Gasteiger partial charge on any atom is -0.324 e. The van der Waals surface area contributed by atoms with Gasteiger partial charge in [0, 0.05) is 11.4 Å². The Balaban J connectivity index is 1.77. The molecule has 0 saturated carbocycles. The number of anilines is 2. The molecule has 0 aromatic heterocycles. The van der Waals surface area contributed by atoms with E-state index >= 15 is 0 Å². The van der Waals surface area contributed by atoms with Crippen molar-refractivity contribution in [2.75, 3.05) is 10.2 Å². The number of nitrogens with one attached hydrogen (secondary N) is 1. The number of rotatable bonds is 5. The van der Waals surface area contributed by atoms with Gasteiger partial charge in [0.2, 0.25) is 5.91 Å². The predicted molar refractivity (Wildman–Crippen MR) is 126 cm³/mol. The van der Waals surface area contributed by atoms with E-state index < -0.39 is 5.54 Å². The van der Waals surface area contributed by atoms with Crippen LogP contribution in [0.4, 0.5) is 11.4 Å².